The molecule has 2 aromatic carbocycles. The minimum Gasteiger partial charge on any atom is -0.493 e. The largest absolute Gasteiger partial charge is 0.493 e. The predicted octanol–water partition coefficient (Wildman–Crippen LogP) is 4.86. The summed E-state index contributed by atoms with van der Waals surface area (Å²) in [6, 6.07) is 17.5. The summed E-state index contributed by atoms with van der Waals surface area (Å²) in [5, 5.41) is 4.83. The van der Waals surface area contributed by atoms with Crippen LogP contribution < -0.4 is 9.64 Å². The number of hydrogen-bond acceptors (Lipinski definition) is 4. The average Bonchev–Trinajstić information content (AvgIpc) is 3.20. The second-order valence-corrected chi connectivity index (χ2v) is 8.00. The summed E-state index contributed by atoms with van der Waals surface area (Å²) in [5.74, 6) is 1.01. The molecule has 1 aromatic heterocycles. The third-order valence-electron chi connectivity index (χ3n) is 5.21. The number of aryl methyl sites for hydroxylation is 2. The van der Waals surface area contributed by atoms with E-state index >= 15 is 0 Å². The lowest BCUT2D eigenvalue weighted by molar-refractivity contribution is 0.263. The average molecular weight is 363 g/mol. The van der Waals surface area contributed by atoms with Gasteiger partial charge in [-0.2, -0.15) is 5.10 Å². The minimum atomic E-state index is 0.234. The Kier molecular flexibility index (Phi) is 3.71. The van der Waals surface area contributed by atoms with E-state index in [1.54, 1.807) is 0 Å². The first-order chi connectivity index (χ1) is 12.7. The summed E-state index contributed by atoms with van der Waals surface area (Å²) in [4.78, 5) is 3.91. The zero-order valence-electron chi connectivity index (χ0n) is 14.9. The van der Waals surface area contributed by atoms with Crippen LogP contribution in [0.1, 0.15) is 34.7 Å². The number of anilines is 1. The number of thioether (sulfide) groups is 1. The molecule has 0 spiro atoms. The molecule has 0 amide bonds. The first-order valence-electron chi connectivity index (χ1n) is 8.98. The first-order valence-corrected chi connectivity index (χ1v) is 9.86. The number of fused-ring (bicyclic) bond motifs is 2. The Morgan fingerprint density at radius 1 is 1.08 bits per heavy atom. The summed E-state index contributed by atoms with van der Waals surface area (Å²) in [5.41, 5.74) is 4.98. The Morgan fingerprint density at radius 2 is 1.88 bits per heavy atom. The molecule has 0 bridgehead atoms. The molecule has 2 aliphatic rings. The second kappa shape index (κ2) is 6.09. The van der Waals surface area contributed by atoms with Gasteiger partial charge in [0, 0.05) is 35.7 Å². The molecule has 0 aliphatic carbocycles. The fraction of sp³-hybridized carbons (Fsp3) is 0.286. The van der Waals surface area contributed by atoms with E-state index in [0.717, 1.165) is 24.5 Å². The summed E-state index contributed by atoms with van der Waals surface area (Å²) in [7, 11) is 2.00. The van der Waals surface area contributed by atoms with Gasteiger partial charge in [0.1, 0.15) is 11.1 Å². The van der Waals surface area contributed by atoms with Crippen LogP contribution in [-0.4, -0.2) is 16.4 Å². The van der Waals surface area contributed by atoms with Crippen LogP contribution in [0, 0.1) is 6.92 Å². The maximum absolute atomic E-state index is 5.92. The lowest BCUT2D eigenvalue weighted by atomic mass is 9.97. The highest BCUT2D eigenvalue weighted by molar-refractivity contribution is 8.00. The number of aromatic nitrogens is 2. The van der Waals surface area contributed by atoms with Crippen LogP contribution in [0.15, 0.2) is 59.6 Å². The van der Waals surface area contributed by atoms with Gasteiger partial charge in [-0.3, -0.25) is 4.68 Å². The van der Waals surface area contributed by atoms with Crippen molar-refractivity contribution in [3.05, 3.63) is 71.5 Å². The van der Waals surface area contributed by atoms with Crippen molar-refractivity contribution in [2.75, 3.05) is 11.5 Å². The van der Waals surface area contributed by atoms with E-state index in [0.29, 0.717) is 6.04 Å². The van der Waals surface area contributed by atoms with E-state index in [4.69, 9.17) is 4.74 Å². The number of hydrogen-bond donors (Lipinski definition) is 0. The third kappa shape index (κ3) is 2.42. The van der Waals surface area contributed by atoms with Crippen LogP contribution in [0.25, 0.3) is 0 Å². The number of nitrogens with zero attached hydrogens (tertiary/aromatic N) is 3. The van der Waals surface area contributed by atoms with E-state index in [2.05, 4.69) is 71.7 Å². The van der Waals surface area contributed by atoms with Crippen molar-refractivity contribution in [1.82, 2.24) is 9.78 Å². The van der Waals surface area contributed by atoms with Gasteiger partial charge in [-0.15, -0.1) is 0 Å². The molecule has 0 saturated carbocycles. The summed E-state index contributed by atoms with van der Waals surface area (Å²) in [6.45, 7) is 2.86. The van der Waals surface area contributed by atoms with Gasteiger partial charge in [-0.05, 0) is 25.1 Å². The standard InChI is InChI=1S/C21H21N3OS/c1-14-16(13-23(2)22-14)21-24(18-8-4-6-10-20(18)26-21)17-11-12-25-19-9-5-3-7-15(17)19/h3-10,13,17,21H,11-12H2,1-2H3/t17?,21-/m0/s1. The summed E-state index contributed by atoms with van der Waals surface area (Å²) in [6.07, 6.45) is 3.15. The van der Waals surface area contributed by atoms with Crippen molar-refractivity contribution >= 4 is 17.4 Å². The van der Waals surface area contributed by atoms with E-state index < -0.39 is 0 Å². The van der Waals surface area contributed by atoms with Crippen LogP contribution in [0.5, 0.6) is 5.75 Å². The monoisotopic (exact) mass is 363 g/mol. The molecule has 132 valence electrons. The molecule has 1 unspecified atom stereocenters. The molecule has 3 aromatic rings. The molecule has 3 heterocycles. The Labute approximate surface area is 157 Å². The van der Waals surface area contributed by atoms with Gasteiger partial charge in [0.05, 0.1) is 24.0 Å². The zero-order chi connectivity index (χ0) is 17.7. The fourth-order valence-corrected chi connectivity index (χ4v) is 5.52. The van der Waals surface area contributed by atoms with Crippen LogP contribution in [0.3, 0.4) is 0 Å². The second-order valence-electron chi connectivity index (χ2n) is 6.88. The Bertz CT molecular complexity index is 967. The van der Waals surface area contributed by atoms with Gasteiger partial charge in [0.2, 0.25) is 0 Å². The number of para-hydroxylation sites is 2. The van der Waals surface area contributed by atoms with E-state index in [1.165, 1.54) is 21.7 Å². The van der Waals surface area contributed by atoms with Crippen molar-refractivity contribution in [2.45, 2.75) is 29.7 Å². The molecule has 0 saturated heterocycles. The zero-order valence-corrected chi connectivity index (χ0v) is 15.7. The molecule has 5 rings (SSSR count). The quantitative estimate of drug-likeness (QED) is 0.650. The highest BCUT2D eigenvalue weighted by Crippen LogP contribution is 2.56. The van der Waals surface area contributed by atoms with Crippen LogP contribution >= 0.6 is 11.8 Å². The van der Waals surface area contributed by atoms with Gasteiger partial charge in [0.25, 0.3) is 0 Å². The number of rotatable bonds is 2. The van der Waals surface area contributed by atoms with Gasteiger partial charge in [0.15, 0.2) is 0 Å². The highest BCUT2D eigenvalue weighted by Gasteiger charge is 2.39. The molecular weight excluding hydrogens is 342 g/mol. The predicted molar refractivity (Wildman–Crippen MR) is 105 cm³/mol. The Morgan fingerprint density at radius 3 is 2.73 bits per heavy atom. The van der Waals surface area contributed by atoms with Crippen LogP contribution in [0.4, 0.5) is 5.69 Å². The molecule has 0 N–H and O–H groups in total. The van der Waals surface area contributed by atoms with Gasteiger partial charge in [-0.25, -0.2) is 0 Å². The maximum Gasteiger partial charge on any atom is 0.124 e. The van der Waals surface area contributed by atoms with Crippen molar-refractivity contribution in [3.63, 3.8) is 0 Å². The SMILES string of the molecule is Cc1nn(C)cc1[C@@H]1Sc2ccccc2N1C1CCOc2ccccc21. The molecule has 5 heteroatoms. The van der Waals surface area contributed by atoms with Gasteiger partial charge >= 0.3 is 0 Å². The smallest absolute Gasteiger partial charge is 0.124 e. The molecule has 4 nitrogen and oxygen atoms in total. The lowest BCUT2D eigenvalue weighted by Gasteiger charge is -2.38. The normalized spacial score (nSPS) is 21.2. The topological polar surface area (TPSA) is 30.3 Å². The van der Waals surface area contributed by atoms with Gasteiger partial charge in [-0.1, -0.05) is 42.1 Å². The van der Waals surface area contributed by atoms with E-state index in [9.17, 15) is 0 Å². The summed E-state index contributed by atoms with van der Waals surface area (Å²) < 4.78 is 7.84. The van der Waals surface area contributed by atoms with Gasteiger partial charge < -0.3 is 9.64 Å². The Balaban J connectivity index is 1.65. The molecule has 2 aliphatic heterocycles. The Hall–Kier alpha value is -2.40. The van der Waals surface area contributed by atoms with E-state index in [-0.39, 0.29) is 5.37 Å². The van der Waals surface area contributed by atoms with Crippen molar-refractivity contribution in [3.8, 4) is 5.75 Å². The molecule has 26 heavy (non-hydrogen) atoms. The molecule has 2 atom stereocenters. The number of benzene rings is 2. The molecule has 0 fully saturated rings. The van der Waals surface area contributed by atoms with Crippen LogP contribution in [-0.2, 0) is 7.05 Å². The van der Waals surface area contributed by atoms with E-state index in [1.807, 2.05) is 23.5 Å². The molecule has 0 radical (unpaired) electrons. The number of ether oxygens (including phenoxy) is 1. The minimum absolute atomic E-state index is 0.234. The maximum atomic E-state index is 5.92. The van der Waals surface area contributed by atoms with Crippen LogP contribution in [0.2, 0.25) is 0 Å². The lowest BCUT2D eigenvalue weighted by Crippen LogP contribution is -2.32. The van der Waals surface area contributed by atoms with Crippen molar-refractivity contribution < 1.29 is 4.74 Å². The first kappa shape index (κ1) is 15.8. The van der Waals surface area contributed by atoms with Crippen molar-refractivity contribution in [2.24, 2.45) is 7.05 Å². The molecular formula is C21H21N3OS. The van der Waals surface area contributed by atoms with Crippen molar-refractivity contribution in [1.29, 1.82) is 0 Å². The summed E-state index contributed by atoms with van der Waals surface area (Å²) >= 11 is 1.92. The highest BCUT2D eigenvalue weighted by atomic mass is 32.2. The third-order valence-corrected chi connectivity index (χ3v) is 6.52. The fourth-order valence-electron chi connectivity index (χ4n) is 4.09.